The lowest BCUT2D eigenvalue weighted by molar-refractivity contribution is -0.168. The Hall–Kier alpha value is -1.27. The molecule has 0 aromatic heterocycles. The Balaban J connectivity index is 4.44. The maximum absolute atomic E-state index is 12.9. The van der Waals surface area contributed by atoms with E-state index in [-0.39, 0.29) is 0 Å². The van der Waals surface area contributed by atoms with Gasteiger partial charge in [-0.3, -0.25) is 0 Å². The number of hydrogen-bond acceptors (Lipinski definition) is 2. The highest BCUT2D eigenvalue weighted by molar-refractivity contribution is 6.01. The summed E-state index contributed by atoms with van der Waals surface area (Å²) in [7, 11) is 0. The maximum atomic E-state index is 12.9. The Morgan fingerprint density at radius 1 is 1.23 bits per heavy atom. The number of carboxylic acid groups (broad SMARTS) is 2. The first-order valence-electron chi connectivity index (χ1n) is 3.24. The summed E-state index contributed by atoms with van der Waals surface area (Å²) in [5.41, 5.74) is -3.61. The van der Waals surface area contributed by atoms with E-state index in [1.54, 1.807) is 0 Å². The van der Waals surface area contributed by atoms with E-state index in [2.05, 4.69) is 0 Å². The molecule has 0 heterocycles. The van der Waals surface area contributed by atoms with Gasteiger partial charge in [-0.15, -0.1) is 0 Å². The molecule has 0 radical (unpaired) electrons. The maximum Gasteiger partial charge on any atom is 0.353 e. The second kappa shape index (κ2) is 4.11. The van der Waals surface area contributed by atoms with Gasteiger partial charge in [-0.2, -0.15) is 0 Å². The van der Waals surface area contributed by atoms with Crippen LogP contribution in [0.5, 0.6) is 0 Å². The summed E-state index contributed by atoms with van der Waals surface area (Å²) in [5, 5.41) is 16.2. The van der Waals surface area contributed by atoms with Gasteiger partial charge in [-0.05, 0) is 0 Å². The summed E-state index contributed by atoms with van der Waals surface area (Å²) in [5.74, 6) is -4.53. The monoisotopic (exact) mass is 200 g/mol. The fourth-order valence-corrected chi connectivity index (χ4v) is 0.613. The third-order valence-electron chi connectivity index (χ3n) is 1.39. The smallest absolute Gasteiger partial charge is 0.353 e. The van der Waals surface area contributed by atoms with Gasteiger partial charge in [0.1, 0.15) is 0 Å². The summed E-state index contributed by atoms with van der Waals surface area (Å²) in [6.07, 6.45) is -5.27. The molecule has 0 spiro atoms. The van der Waals surface area contributed by atoms with Crippen molar-refractivity contribution in [2.24, 2.45) is 0 Å². The van der Waals surface area contributed by atoms with Crippen LogP contribution in [-0.2, 0) is 9.59 Å². The highest BCUT2D eigenvalue weighted by atomic mass is 19.3. The van der Waals surface area contributed by atoms with Crippen molar-refractivity contribution in [1.82, 2.24) is 0 Å². The number of carbonyl (C=O) groups is 2. The first kappa shape index (κ1) is 11.7. The molecule has 0 aromatic rings. The number of aliphatic carboxylic acids is 2. The number of rotatable bonds is 5. The molecule has 4 nitrogen and oxygen atoms in total. The first-order chi connectivity index (χ1) is 5.80. The second-order valence-electron chi connectivity index (χ2n) is 2.34. The second-order valence-corrected chi connectivity index (χ2v) is 2.34. The Bertz CT molecular complexity index is 202. The average Bonchev–Trinajstić information content (AvgIpc) is 1.99. The third-order valence-corrected chi connectivity index (χ3v) is 1.39. The normalized spacial score (nSPS) is 11.7. The van der Waals surface area contributed by atoms with Crippen molar-refractivity contribution in [1.29, 1.82) is 0 Å². The van der Waals surface area contributed by atoms with Gasteiger partial charge in [0, 0.05) is 12.8 Å². The van der Waals surface area contributed by atoms with Crippen molar-refractivity contribution >= 4 is 11.9 Å². The van der Waals surface area contributed by atoms with Gasteiger partial charge in [0.25, 0.3) is 0 Å². The van der Waals surface area contributed by atoms with Crippen molar-refractivity contribution in [2.75, 3.05) is 0 Å². The molecular weight excluding hydrogens is 193 g/mol. The molecule has 13 heavy (non-hydrogen) atoms. The van der Waals surface area contributed by atoms with Crippen LogP contribution < -0.4 is 0 Å². The van der Waals surface area contributed by atoms with Gasteiger partial charge in [0.15, 0.2) is 0 Å². The molecule has 0 rings (SSSR count). The molecule has 0 saturated heterocycles. The Kier molecular flexibility index (Phi) is 3.70. The molecule has 0 bridgehead atoms. The van der Waals surface area contributed by atoms with E-state index in [9.17, 15) is 22.8 Å². The van der Waals surface area contributed by atoms with Crippen LogP contribution in [0.15, 0.2) is 0 Å². The van der Waals surface area contributed by atoms with E-state index in [0.29, 0.717) is 0 Å². The standard InChI is InChI=1S/C6H7F3O4/c7-3(8)1-2-6(9,4(10)11)5(12)13/h3H,1-2H2,(H,10,11)(H,12,13). The van der Waals surface area contributed by atoms with Crippen molar-refractivity contribution in [3.63, 3.8) is 0 Å². The summed E-state index contributed by atoms with van der Waals surface area (Å²) < 4.78 is 35.9. The molecule has 0 unspecified atom stereocenters. The third kappa shape index (κ3) is 2.92. The molecule has 76 valence electrons. The average molecular weight is 200 g/mol. The SMILES string of the molecule is O=C(O)C(F)(CCC(F)F)C(=O)O. The summed E-state index contributed by atoms with van der Waals surface area (Å²) in [6.45, 7) is 0. The largest absolute Gasteiger partial charge is 0.478 e. The predicted octanol–water partition coefficient (Wildman–Crippen LogP) is 0.909. The van der Waals surface area contributed by atoms with E-state index in [1.165, 1.54) is 0 Å². The van der Waals surface area contributed by atoms with Gasteiger partial charge in [-0.1, -0.05) is 0 Å². The van der Waals surface area contributed by atoms with Crippen LogP contribution in [0.25, 0.3) is 0 Å². The topological polar surface area (TPSA) is 74.6 Å². The molecule has 0 aliphatic heterocycles. The summed E-state index contributed by atoms with van der Waals surface area (Å²) >= 11 is 0. The molecular formula is C6H7F3O4. The highest BCUT2D eigenvalue weighted by Crippen LogP contribution is 2.21. The van der Waals surface area contributed by atoms with E-state index >= 15 is 0 Å². The van der Waals surface area contributed by atoms with Crippen LogP contribution in [0.3, 0.4) is 0 Å². The Labute approximate surface area is 71.0 Å². The Morgan fingerprint density at radius 2 is 1.62 bits per heavy atom. The number of halogens is 3. The van der Waals surface area contributed by atoms with Gasteiger partial charge in [-0.25, -0.2) is 22.8 Å². The van der Waals surface area contributed by atoms with Crippen LogP contribution in [0.4, 0.5) is 13.2 Å². The molecule has 2 N–H and O–H groups in total. The van der Waals surface area contributed by atoms with E-state index < -0.39 is 36.9 Å². The van der Waals surface area contributed by atoms with Crippen LogP contribution in [-0.4, -0.2) is 34.2 Å². The highest BCUT2D eigenvalue weighted by Gasteiger charge is 2.47. The lowest BCUT2D eigenvalue weighted by Crippen LogP contribution is -2.42. The fourth-order valence-electron chi connectivity index (χ4n) is 0.613. The minimum Gasteiger partial charge on any atom is -0.478 e. The minimum absolute atomic E-state index is 1.10. The minimum atomic E-state index is -3.61. The van der Waals surface area contributed by atoms with E-state index in [1.807, 2.05) is 0 Å². The van der Waals surface area contributed by atoms with Gasteiger partial charge in [0.2, 0.25) is 6.43 Å². The molecule has 0 saturated carbocycles. The molecule has 0 fully saturated rings. The van der Waals surface area contributed by atoms with Crippen molar-refractivity contribution in [2.45, 2.75) is 24.9 Å². The number of carboxylic acids is 2. The lowest BCUT2D eigenvalue weighted by Gasteiger charge is -2.14. The first-order valence-corrected chi connectivity index (χ1v) is 3.24. The van der Waals surface area contributed by atoms with Crippen LogP contribution in [0, 0.1) is 0 Å². The van der Waals surface area contributed by atoms with E-state index in [0.717, 1.165) is 0 Å². The fraction of sp³-hybridized carbons (Fsp3) is 0.667. The van der Waals surface area contributed by atoms with Crippen molar-refractivity contribution in [3.05, 3.63) is 0 Å². The van der Waals surface area contributed by atoms with Gasteiger partial charge in [0.05, 0.1) is 0 Å². The predicted molar refractivity (Wildman–Crippen MR) is 34.3 cm³/mol. The van der Waals surface area contributed by atoms with Crippen molar-refractivity contribution < 1.29 is 33.0 Å². The van der Waals surface area contributed by atoms with Crippen LogP contribution >= 0.6 is 0 Å². The molecule has 0 aromatic carbocycles. The molecule has 0 amide bonds. The zero-order valence-corrected chi connectivity index (χ0v) is 6.34. The molecule has 0 atom stereocenters. The lowest BCUT2D eigenvalue weighted by atomic mass is 10.0. The van der Waals surface area contributed by atoms with Gasteiger partial charge < -0.3 is 10.2 Å². The zero-order valence-electron chi connectivity index (χ0n) is 6.34. The van der Waals surface area contributed by atoms with Gasteiger partial charge >= 0.3 is 17.6 Å². The summed E-state index contributed by atoms with van der Waals surface area (Å²) in [4.78, 5) is 20.1. The number of hydrogen-bond donors (Lipinski definition) is 2. The summed E-state index contributed by atoms with van der Waals surface area (Å²) in [6, 6.07) is 0. The molecule has 0 aliphatic carbocycles. The number of alkyl halides is 3. The zero-order chi connectivity index (χ0) is 10.6. The van der Waals surface area contributed by atoms with Crippen molar-refractivity contribution in [3.8, 4) is 0 Å². The Morgan fingerprint density at radius 3 is 1.85 bits per heavy atom. The quantitative estimate of drug-likeness (QED) is 0.647. The van der Waals surface area contributed by atoms with Crippen LogP contribution in [0.1, 0.15) is 12.8 Å². The molecule has 7 heteroatoms. The van der Waals surface area contributed by atoms with E-state index in [4.69, 9.17) is 10.2 Å². The van der Waals surface area contributed by atoms with Crippen LogP contribution in [0.2, 0.25) is 0 Å². The molecule has 0 aliphatic rings.